The number of urea groups is 1. The molecule has 12 aliphatic carbocycles. The number of nitrogens with zero attached hydrogens (tertiary/aromatic N) is 6. The molecule has 4 aromatic rings. The first-order valence-corrected chi connectivity index (χ1v) is 47.7. The fraction of sp³-hybridized carbons (Fsp3) is 0.656. The van der Waals surface area contributed by atoms with Crippen molar-refractivity contribution < 1.29 is 106 Å². The van der Waals surface area contributed by atoms with E-state index in [-0.39, 0.29) is 142 Å². The number of aromatic hydroxyl groups is 2. The predicted octanol–water partition coefficient (Wildman–Crippen LogP) is 11.2. The minimum absolute atomic E-state index is 0. The SMILES string of the molecule is COC1CCC2(CC1)Cc1ccc(O)cc1C21NC(=O)N(C)C1=O.COC1CCC2(CC1)Cc1ccc(O)cc1C21NC(=S)N(C)C1=O.COC1CCC2(CC1)Cc1ccc(OCCC3CC3)cc1C21N=C(N)N(C)C1=O.COC1CCC2(CC1)Cc1ccc(OCCC3CC3)cc1C21N=C(SCCC2CC2)N(C)C1=O.CS(=O)(=O)OCCC1CC1.I.N.[H-].[Na+]. The standard InChI is InChI=1S/C28H38N2O3S.C23H31N3O3.C18H22N2O4.C18H22N2O3S.C6H12O3S.HI.H3N.Na.H/c1-30-25(31)28(29-26(30)34-16-12-20-5-6-20)24-17-23(33-15-11-19-3-4-19)8-7-21(24)18-27(28)13-9-22(32-2)10-14-27;1-26-20(27)23(25-21(26)24)19-13-18(29-12-9-15-3-4-15)6-5-16(19)14-22(23)10-7-17(28-2)8-11-22;1-20-15(22)18(19-16(20)23)14-9-12(21)4-3-11(14)10-17(18)7-5-13(24-2)6-8-17;1-20-15(22)18(19-16(20)24)14-9-12(21)4-3-11(14)10-17(18)7-5-13(23-2)6-8-17;1-10(7,8)9-5-4-6-2-3-6;;;;/h7-8,17,19-20,22H,3-6,9-16,18H2,1-2H3;5-6,13,15,17H,3-4,7-12,14H2,1-2H3,(H2,24,25);3-4,9,13,21H,5-8,10H2,1-2H3,(H,19,23);3-4,9,13,21H,5-8,10H2,1-2H3,(H,19,24);6H,2-5H2,1H3;1H;1H3;;/q;;;;;;;+1;-1. The average molecular weight is 1890 g/mol. The minimum Gasteiger partial charge on any atom is -1.00 e. The van der Waals surface area contributed by atoms with E-state index in [0.717, 1.165) is 247 Å². The number of thioether (sulfide) groups is 1. The summed E-state index contributed by atoms with van der Waals surface area (Å²) in [4.78, 5) is 82.9. The number of thiocarbonyl (C=S) groups is 1. The number of phenolic OH excluding ortho intramolecular Hbond substituents is 2. The Kier molecular flexibility index (Phi) is 29.4. The summed E-state index contributed by atoms with van der Waals surface area (Å²) in [6.07, 6.45) is 35.0. The molecule has 124 heavy (non-hydrogen) atoms. The monoisotopic (exact) mass is 1890 g/mol. The van der Waals surface area contributed by atoms with E-state index >= 15 is 0 Å². The molecule has 4 atom stereocenters. The van der Waals surface area contributed by atoms with Crippen molar-refractivity contribution in [1.82, 2.24) is 36.4 Å². The van der Waals surface area contributed by atoms with Crippen LogP contribution in [-0.2, 0) is 100 Å². The Balaban J connectivity index is 0.000000146. The third-order valence-electron chi connectivity index (χ3n) is 30.9. The number of guanidine groups is 1. The molecule has 0 aromatic heterocycles. The Bertz CT molecular complexity index is 4710. The van der Waals surface area contributed by atoms with Crippen molar-refractivity contribution in [3.05, 3.63) is 117 Å². The van der Waals surface area contributed by atoms with E-state index < -0.39 is 32.3 Å². The van der Waals surface area contributed by atoms with Crippen LogP contribution in [0.25, 0.3) is 0 Å². The quantitative estimate of drug-likeness (QED) is 0.0167. The van der Waals surface area contributed by atoms with Crippen LogP contribution in [-0.4, -0.2) is 197 Å². The Morgan fingerprint density at radius 3 is 1.19 bits per heavy atom. The second-order valence-electron chi connectivity index (χ2n) is 38.0. The molecule has 674 valence electrons. The molecular weight excluding hydrogens is 1760 g/mol. The molecule has 4 unspecified atom stereocenters. The normalized spacial score (nSPS) is 31.8. The number of amidine groups is 1. The number of nitrogens with two attached hydrogens (primary N) is 1. The molecular formula is C93H130IN10NaO16S3. The van der Waals surface area contributed by atoms with Gasteiger partial charge in [-0.15, -0.1) is 24.0 Å². The number of hydrogen-bond acceptors (Lipinski definition) is 22. The van der Waals surface area contributed by atoms with E-state index in [1.807, 2.05) is 31.2 Å². The van der Waals surface area contributed by atoms with Crippen LogP contribution in [0, 0.1) is 45.3 Å². The number of rotatable bonds is 19. The molecule has 4 aliphatic heterocycles. The first-order valence-electron chi connectivity index (χ1n) is 44.5. The zero-order valence-electron chi connectivity index (χ0n) is 75.2. The van der Waals surface area contributed by atoms with Crippen molar-refractivity contribution in [2.75, 3.05) is 88.5 Å². The molecule has 0 bridgehead atoms. The van der Waals surface area contributed by atoms with Gasteiger partial charge in [0.1, 0.15) is 23.0 Å². The van der Waals surface area contributed by atoms with Crippen LogP contribution in [0.5, 0.6) is 23.0 Å². The number of methoxy groups -OCH3 is 4. The third kappa shape index (κ3) is 17.7. The molecule has 9 N–H and O–H groups in total. The van der Waals surface area contributed by atoms with Gasteiger partial charge in [0, 0.05) is 84.0 Å². The predicted molar refractivity (Wildman–Crippen MR) is 487 cm³/mol. The number of carbonyl (C=O) groups is 5. The molecule has 31 heteroatoms. The zero-order valence-corrected chi connectivity index (χ0v) is 81.0. The van der Waals surface area contributed by atoms with E-state index in [2.05, 4.69) is 51.2 Å². The van der Waals surface area contributed by atoms with Gasteiger partial charge in [-0.05, 0) is 283 Å². The molecule has 16 aliphatic rings. The van der Waals surface area contributed by atoms with Crippen LogP contribution >= 0.6 is 48.0 Å². The number of nitrogens with one attached hydrogen (secondary N) is 2. The van der Waals surface area contributed by atoms with Gasteiger partial charge < -0.3 is 62.6 Å². The molecule has 4 aromatic carbocycles. The Morgan fingerprint density at radius 2 is 0.831 bits per heavy atom. The summed E-state index contributed by atoms with van der Waals surface area (Å²) in [5, 5.41) is 27.7. The van der Waals surface area contributed by atoms with Crippen molar-refractivity contribution in [3.63, 3.8) is 0 Å². The average Bonchev–Trinajstić information content (AvgIpc) is 1.54. The molecule has 6 amide bonds. The summed E-state index contributed by atoms with van der Waals surface area (Å²) < 4.78 is 59.9. The van der Waals surface area contributed by atoms with E-state index in [0.29, 0.717) is 23.8 Å². The number of halogens is 1. The summed E-state index contributed by atoms with van der Waals surface area (Å²) in [6, 6.07) is 22.9. The van der Waals surface area contributed by atoms with Gasteiger partial charge in [0.15, 0.2) is 38.4 Å². The molecule has 0 radical (unpaired) electrons. The van der Waals surface area contributed by atoms with E-state index in [1.165, 1.54) is 85.8 Å². The van der Waals surface area contributed by atoms with Gasteiger partial charge in [-0.2, -0.15) is 8.42 Å². The molecule has 20 rings (SSSR count). The fourth-order valence-electron chi connectivity index (χ4n) is 23.0. The van der Waals surface area contributed by atoms with Crippen molar-refractivity contribution in [2.24, 2.45) is 61.1 Å². The smallest absolute Gasteiger partial charge is 1.00 e. The maximum atomic E-state index is 14.2. The first-order chi connectivity index (χ1) is 58.0. The Hall–Kier alpha value is -5.75. The molecule has 8 saturated carbocycles. The van der Waals surface area contributed by atoms with E-state index in [4.69, 9.17) is 56.4 Å². The molecule has 8 spiro atoms. The molecule has 4 heterocycles. The third-order valence-corrected chi connectivity index (χ3v) is 32.9. The van der Waals surface area contributed by atoms with Crippen LogP contribution in [0.2, 0.25) is 0 Å². The second kappa shape index (κ2) is 38.0. The van der Waals surface area contributed by atoms with E-state index in [1.54, 1.807) is 76.4 Å². The topological polar surface area (TPSA) is 347 Å². The number of imide groups is 1. The Morgan fingerprint density at radius 1 is 0.476 bits per heavy atom. The van der Waals surface area contributed by atoms with Gasteiger partial charge in [0.05, 0.1) is 50.5 Å². The van der Waals surface area contributed by atoms with Gasteiger partial charge in [0.25, 0.3) is 33.7 Å². The van der Waals surface area contributed by atoms with Crippen LogP contribution in [0.3, 0.4) is 0 Å². The van der Waals surface area contributed by atoms with E-state index in [9.17, 15) is 42.6 Å². The van der Waals surface area contributed by atoms with Crippen molar-refractivity contribution in [2.45, 2.75) is 252 Å². The summed E-state index contributed by atoms with van der Waals surface area (Å²) in [6.45, 7) is 1.86. The maximum absolute atomic E-state index is 14.2. The first kappa shape index (κ1) is 95.8. The fourth-order valence-corrected chi connectivity index (χ4v) is 24.7. The summed E-state index contributed by atoms with van der Waals surface area (Å²) in [5.41, 5.74) is 9.93. The number of amides is 6. The Labute approximate surface area is 782 Å². The number of benzene rings is 4. The van der Waals surface area contributed by atoms with Crippen molar-refractivity contribution in [1.29, 1.82) is 0 Å². The molecule has 2 saturated heterocycles. The van der Waals surface area contributed by atoms with Crippen LogP contribution in [0.15, 0.2) is 82.8 Å². The number of phenols is 2. The van der Waals surface area contributed by atoms with Gasteiger partial charge >= 0.3 is 35.6 Å². The largest absolute Gasteiger partial charge is 1.00 e. The number of hydrogen-bond donors (Lipinski definition) is 6. The van der Waals surface area contributed by atoms with Crippen LogP contribution < -0.4 is 61.5 Å². The van der Waals surface area contributed by atoms with Crippen molar-refractivity contribution in [3.8, 4) is 23.0 Å². The molecule has 26 nitrogen and oxygen atoms in total. The number of carbonyl (C=O) groups excluding carboxylic acids is 5. The minimum atomic E-state index is -3.19. The van der Waals surface area contributed by atoms with Gasteiger partial charge in [-0.25, -0.2) is 14.8 Å². The summed E-state index contributed by atoms with van der Waals surface area (Å²) in [7, 11) is 10.8. The number of ether oxygens (including phenoxy) is 6. The maximum Gasteiger partial charge on any atom is 1.00 e. The van der Waals surface area contributed by atoms with Crippen LogP contribution in [0.4, 0.5) is 4.79 Å². The van der Waals surface area contributed by atoms with Crippen LogP contribution in [0.1, 0.15) is 226 Å². The zero-order chi connectivity index (χ0) is 85.4. The van der Waals surface area contributed by atoms with Crippen molar-refractivity contribution >= 4 is 104 Å². The second-order valence-corrected chi connectivity index (χ2v) is 41.1. The van der Waals surface area contributed by atoms with Gasteiger partial charge in [0.2, 0.25) is 0 Å². The number of likely N-dealkylation sites (N-methyl/N-ethyl adjacent to an activating group) is 4. The summed E-state index contributed by atoms with van der Waals surface area (Å²) >= 11 is 7.17. The number of aliphatic imine (C=N–C) groups is 2. The molecule has 10 fully saturated rings. The van der Waals surface area contributed by atoms with Gasteiger partial charge in [-0.1, -0.05) is 87.4 Å². The van der Waals surface area contributed by atoms with Gasteiger partial charge in [-0.3, -0.25) is 43.0 Å². The summed E-state index contributed by atoms with van der Waals surface area (Å²) in [5.74, 6) is 6.65. The number of fused-ring (bicyclic) bond motifs is 12.